The topological polar surface area (TPSA) is 76.8 Å². The third-order valence-corrected chi connectivity index (χ3v) is 4.69. The summed E-state index contributed by atoms with van der Waals surface area (Å²) >= 11 is 5.87. The van der Waals surface area contributed by atoms with Crippen LogP contribution >= 0.6 is 11.6 Å². The van der Waals surface area contributed by atoms with Crippen molar-refractivity contribution in [2.45, 2.75) is 13.5 Å². The number of ketones is 1. The molecule has 30 heavy (non-hydrogen) atoms. The van der Waals surface area contributed by atoms with Crippen LogP contribution in [0.5, 0.6) is 0 Å². The Hall–Kier alpha value is -3.38. The number of carbonyl (C=O) groups is 3. The van der Waals surface area contributed by atoms with E-state index in [1.54, 1.807) is 55.6 Å². The zero-order chi connectivity index (χ0) is 21.7. The Kier molecular flexibility index (Phi) is 6.69. The largest absolute Gasteiger partial charge is 0.464 e. The molecule has 0 bridgehead atoms. The number of hydrogen-bond donors (Lipinski definition) is 0. The van der Waals surface area contributed by atoms with Gasteiger partial charge in [-0.1, -0.05) is 29.8 Å². The van der Waals surface area contributed by atoms with Crippen LogP contribution in [-0.4, -0.2) is 36.2 Å². The highest BCUT2D eigenvalue weighted by Gasteiger charge is 2.21. The zero-order valence-electron chi connectivity index (χ0n) is 16.6. The molecule has 0 fully saturated rings. The number of ether oxygens (including phenoxy) is 1. The van der Waals surface area contributed by atoms with E-state index in [0.29, 0.717) is 16.3 Å². The number of halogens is 1. The van der Waals surface area contributed by atoms with E-state index in [1.165, 1.54) is 11.0 Å². The molecule has 0 saturated carbocycles. The average molecular weight is 426 g/mol. The minimum absolute atomic E-state index is 0.0922. The van der Waals surface area contributed by atoms with Crippen LogP contribution in [0, 0.1) is 6.92 Å². The van der Waals surface area contributed by atoms with Crippen molar-refractivity contribution in [2.75, 3.05) is 13.7 Å². The van der Waals surface area contributed by atoms with Crippen molar-refractivity contribution in [1.29, 1.82) is 0 Å². The molecule has 2 aromatic carbocycles. The Morgan fingerprint density at radius 2 is 1.63 bits per heavy atom. The Bertz CT molecular complexity index is 1070. The molecule has 0 saturated heterocycles. The summed E-state index contributed by atoms with van der Waals surface area (Å²) in [5.74, 6) is -0.0916. The maximum absolute atomic E-state index is 12.8. The fourth-order valence-corrected chi connectivity index (χ4v) is 2.95. The van der Waals surface area contributed by atoms with Gasteiger partial charge in [0, 0.05) is 23.2 Å². The summed E-state index contributed by atoms with van der Waals surface area (Å²) in [7, 11) is 1.59. The maximum atomic E-state index is 12.8. The molecular weight excluding hydrogens is 406 g/mol. The number of aryl methyl sites for hydroxylation is 1. The van der Waals surface area contributed by atoms with Gasteiger partial charge in [-0.15, -0.1) is 0 Å². The van der Waals surface area contributed by atoms with E-state index in [4.69, 9.17) is 20.8 Å². The number of benzene rings is 2. The summed E-state index contributed by atoms with van der Waals surface area (Å²) in [4.78, 5) is 39.0. The molecule has 1 heterocycles. The lowest BCUT2D eigenvalue weighted by molar-refractivity contribution is -0.134. The van der Waals surface area contributed by atoms with Gasteiger partial charge in [0.2, 0.25) is 0 Å². The van der Waals surface area contributed by atoms with E-state index in [0.717, 1.165) is 5.76 Å². The molecule has 7 heteroatoms. The third-order valence-electron chi connectivity index (χ3n) is 4.44. The number of rotatable bonds is 7. The molecule has 154 valence electrons. The van der Waals surface area contributed by atoms with Crippen molar-refractivity contribution >= 4 is 29.3 Å². The van der Waals surface area contributed by atoms with Crippen molar-refractivity contribution in [3.63, 3.8) is 0 Å². The van der Waals surface area contributed by atoms with E-state index in [1.807, 2.05) is 13.0 Å². The van der Waals surface area contributed by atoms with Crippen LogP contribution in [0.3, 0.4) is 0 Å². The summed E-state index contributed by atoms with van der Waals surface area (Å²) in [6.07, 6.45) is 0. The van der Waals surface area contributed by atoms with Crippen molar-refractivity contribution < 1.29 is 23.5 Å². The van der Waals surface area contributed by atoms with Crippen LogP contribution in [0.4, 0.5) is 0 Å². The highest BCUT2D eigenvalue weighted by Crippen LogP contribution is 2.18. The summed E-state index contributed by atoms with van der Waals surface area (Å²) in [6.45, 7) is 1.63. The first-order valence-electron chi connectivity index (χ1n) is 9.21. The second-order valence-electron chi connectivity index (χ2n) is 6.72. The number of carbonyl (C=O) groups excluding carboxylic acids is 3. The van der Waals surface area contributed by atoms with Crippen LogP contribution in [0.25, 0.3) is 0 Å². The van der Waals surface area contributed by atoms with E-state index in [-0.39, 0.29) is 29.4 Å². The van der Waals surface area contributed by atoms with Gasteiger partial charge in [-0.3, -0.25) is 9.59 Å². The fourth-order valence-electron chi connectivity index (χ4n) is 2.82. The van der Waals surface area contributed by atoms with Crippen molar-refractivity contribution in [1.82, 2.24) is 4.90 Å². The Labute approximate surface area is 179 Å². The quantitative estimate of drug-likeness (QED) is 0.417. The standard InChI is InChI=1S/C23H20ClNO5/c1-15-7-12-18(30-15)13-25(2)21(26)14-29-23(28)20-6-4-3-5-19(20)22(27)16-8-10-17(24)11-9-16/h3-12H,13-14H2,1-2H3. The maximum Gasteiger partial charge on any atom is 0.339 e. The number of likely N-dealkylation sites (N-methyl/N-ethyl adjacent to an activating group) is 1. The summed E-state index contributed by atoms with van der Waals surface area (Å²) in [5, 5.41) is 0.506. The van der Waals surface area contributed by atoms with E-state index < -0.39 is 12.6 Å². The second-order valence-corrected chi connectivity index (χ2v) is 7.16. The van der Waals surface area contributed by atoms with Crippen molar-refractivity contribution in [2.24, 2.45) is 0 Å². The highest BCUT2D eigenvalue weighted by atomic mass is 35.5. The molecule has 3 rings (SSSR count). The van der Waals surface area contributed by atoms with Gasteiger partial charge in [-0.05, 0) is 49.4 Å². The number of hydrogen-bond acceptors (Lipinski definition) is 5. The highest BCUT2D eigenvalue weighted by molar-refractivity contribution is 6.30. The Balaban J connectivity index is 1.66. The molecule has 1 aromatic heterocycles. The van der Waals surface area contributed by atoms with Gasteiger partial charge < -0.3 is 14.1 Å². The van der Waals surface area contributed by atoms with Gasteiger partial charge in [0.1, 0.15) is 11.5 Å². The number of nitrogens with zero attached hydrogens (tertiary/aromatic N) is 1. The lowest BCUT2D eigenvalue weighted by atomic mass is 9.98. The number of amides is 1. The zero-order valence-corrected chi connectivity index (χ0v) is 17.3. The van der Waals surface area contributed by atoms with Crippen molar-refractivity contribution in [3.05, 3.63) is 93.9 Å². The molecule has 0 aliphatic carbocycles. The van der Waals surface area contributed by atoms with Crippen LogP contribution in [-0.2, 0) is 16.1 Å². The normalized spacial score (nSPS) is 10.5. The summed E-state index contributed by atoms with van der Waals surface area (Å²) in [6, 6.07) is 16.3. The molecule has 1 amide bonds. The molecular formula is C23H20ClNO5. The van der Waals surface area contributed by atoms with Crippen LogP contribution in [0.2, 0.25) is 5.02 Å². The predicted octanol–water partition coefficient (Wildman–Crippen LogP) is 4.29. The van der Waals surface area contributed by atoms with Gasteiger partial charge in [0.15, 0.2) is 12.4 Å². The van der Waals surface area contributed by atoms with Crippen LogP contribution in [0.15, 0.2) is 65.1 Å². The minimum atomic E-state index is -0.747. The van der Waals surface area contributed by atoms with Crippen molar-refractivity contribution in [3.8, 4) is 0 Å². The van der Waals surface area contributed by atoms with Crippen LogP contribution in [0.1, 0.15) is 37.8 Å². The van der Waals surface area contributed by atoms with Crippen LogP contribution < -0.4 is 0 Å². The van der Waals surface area contributed by atoms with Gasteiger partial charge in [-0.2, -0.15) is 0 Å². The molecule has 0 N–H and O–H groups in total. The fraction of sp³-hybridized carbons (Fsp3) is 0.174. The summed E-state index contributed by atoms with van der Waals surface area (Å²) < 4.78 is 10.6. The molecule has 3 aromatic rings. The first kappa shape index (κ1) is 21.3. The number of esters is 1. The SMILES string of the molecule is Cc1ccc(CN(C)C(=O)COC(=O)c2ccccc2C(=O)c2ccc(Cl)cc2)o1. The van der Waals surface area contributed by atoms with Gasteiger partial charge >= 0.3 is 5.97 Å². The molecule has 0 atom stereocenters. The predicted molar refractivity (Wildman–Crippen MR) is 112 cm³/mol. The Morgan fingerprint density at radius 1 is 0.967 bits per heavy atom. The monoisotopic (exact) mass is 425 g/mol. The lowest BCUT2D eigenvalue weighted by Gasteiger charge is -2.16. The number of furan rings is 1. The van der Waals surface area contributed by atoms with E-state index in [9.17, 15) is 14.4 Å². The molecule has 0 unspecified atom stereocenters. The molecule has 0 aliphatic rings. The molecule has 0 spiro atoms. The molecule has 6 nitrogen and oxygen atoms in total. The Morgan fingerprint density at radius 3 is 2.27 bits per heavy atom. The molecule has 0 radical (unpaired) electrons. The molecule has 0 aliphatic heterocycles. The van der Waals surface area contributed by atoms with Gasteiger partial charge in [0.25, 0.3) is 5.91 Å². The van der Waals surface area contributed by atoms with E-state index >= 15 is 0 Å². The minimum Gasteiger partial charge on any atom is -0.464 e. The summed E-state index contributed by atoms with van der Waals surface area (Å²) in [5.41, 5.74) is 0.676. The average Bonchev–Trinajstić information content (AvgIpc) is 3.16. The van der Waals surface area contributed by atoms with E-state index in [2.05, 4.69) is 0 Å². The first-order valence-corrected chi connectivity index (χ1v) is 9.58. The second kappa shape index (κ2) is 9.41. The van der Waals surface area contributed by atoms with Gasteiger partial charge in [-0.25, -0.2) is 4.79 Å². The smallest absolute Gasteiger partial charge is 0.339 e. The first-order chi connectivity index (χ1) is 14.3. The third kappa shape index (κ3) is 5.15. The van der Waals surface area contributed by atoms with Gasteiger partial charge in [0.05, 0.1) is 12.1 Å². The lowest BCUT2D eigenvalue weighted by Crippen LogP contribution is -2.31.